The molecule has 0 radical (unpaired) electrons. The predicted molar refractivity (Wildman–Crippen MR) is 302 cm³/mol. The van der Waals surface area contributed by atoms with Crippen molar-refractivity contribution in [2.75, 3.05) is 4.90 Å². The molecule has 0 aliphatic heterocycles. The molecule has 0 amide bonds. The SMILES string of the molecule is c1ccc2c(c1)-c1cc(N(c3ccc4c5ccccc5c5ccccc5c4c3)c3cc4c(cc3-c3cccc5ccccc35)-c3ccccc3C43c4ccccc4-c4ccccc43)ccc1C21CCCCC1. The van der Waals surface area contributed by atoms with Crippen LogP contribution in [0.2, 0.25) is 0 Å². The number of benzene rings is 12. The van der Waals surface area contributed by atoms with Crippen LogP contribution in [0.3, 0.4) is 0 Å². The Morgan fingerprint density at radius 1 is 0.264 bits per heavy atom. The van der Waals surface area contributed by atoms with E-state index in [2.05, 4.69) is 241 Å². The van der Waals surface area contributed by atoms with Crippen molar-refractivity contribution >= 4 is 60.2 Å². The molecule has 0 saturated heterocycles. The zero-order chi connectivity index (χ0) is 47.1. The van der Waals surface area contributed by atoms with Crippen molar-refractivity contribution in [2.24, 2.45) is 0 Å². The molecule has 0 unspecified atom stereocenters. The monoisotopic (exact) mass is 915 g/mol. The lowest BCUT2D eigenvalue weighted by Gasteiger charge is -2.36. The first-order chi connectivity index (χ1) is 35.7. The van der Waals surface area contributed by atoms with Crippen LogP contribution in [0.5, 0.6) is 0 Å². The highest BCUT2D eigenvalue weighted by molar-refractivity contribution is 6.26. The smallest absolute Gasteiger partial charge is 0.0726 e. The van der Waals surface area contributed by atoms with Crippen molar-refractivity contribution < 1.29 is 0 Å². The van der Waals surface area contributed by atoms with Crippen LogP contribution in [-0.4, -0.2) is 0 Å². The number of fused-ring (bicyclic) bond motifs is 22. The Labute approximate surface area is 420 Å². The van der Waals surface area contributed by atoms with E-state index >= 15 is 0 Å². The molecule has 0 N–H and O–H groups in total. The molecule has 0 atom stereocenters. The van der Waals surface area contributed by atoms with Gasteiger partial charge in [0.25, 0.3) is 0 Å². The maximum absolute atomic E-state index is 2.64. The van der Waals surface area contributed by atoms with Crippen molar-refractivity contribution in [1.82, 2.24) is 0 Å². The fraction of sp³-hybridized carbons (Fsp3) is 0.0986. The van der Waals surface area contributed by atoms with Crippen LogP contribution in [0.25, 0.3) is 87.6 Å². The van der Waals surface area contributed by atoms with Gasteiger partial charge in [0.15, 0.2) is 0 Å². The first kappa shape index (κ1) is 40.2. The highest BCUT2D eigenvalue weighted by atomic mass is 15.1. The zero-order valence-corrected chi connectivity index (χ0v) is 40.0. The molecule has 72 heavy (non-hydrogen) atoms. The van der Waals surface area contributed by atoms with Crippen molar-refractivity contribution in [1.29, 1.82) is 0 Å². The lowest BCUT2D eigenvalue weighted by molar-refractivity contribution is 0.353. The van der Waals surface area contributed by atoms with Gasteiger partial charge in [-0.1, -0.05) is 219 Å². The number of hydrogen-bond acceptors (Lipinski definition) is 1. The van der Waals surface area contributed by atoms with E-state index in [1.165, 1.54) is 164 Å². The highest BCUT2D eigenvalue weighted by Crippen LogP contribution is 2.65. The second-order valence-corrected chi connectivity index (χ2v) is 20.9. The average Bonchev–Trinajstić information content (AvgIpc) is 4.02. The van der Waals surface area contributed by atoms with Gasteiger partial charge in [0.1, 0.15) is 0 Å². The molecule has 0 heterocycles. The summed E-state index contributed by atoms with van der Waals surface area (Å²) in [5.41, 5.74) is 21.8. The number of nitrogens with zero attached hydrogens (tertiary/aromatic N) is 1. The van der Waals surface area contributed by atoms with Gasteiger partial charge in [-0.3, -0.25) is 0 Å². The molecular formula is C71H49N. The van der Waals surface area contributed by atoms with Crippen LogP contribution in [-0.2, 0) is 10.8 Å². The van der Waals surface area contributed by atoms with E-state index in [4.69, 9.17) is 0 Å². The lowest BCUT2D eigenvalue weighted by Crippen LogP contribution is -2.28. The molecule has 1 heteroatoms. The van der Waals surface area contributed by atoms with E-state index < -0.39 is 5.41 Å². The van der Waals surface area contributed by atoms with Gasteiger partial charge in [-0.05, 0) is 165 Å². The second-order valence-electron chi connectivity index (χ2n) is 20.9. The van der Waals surface area contributed by atoms with Crippen LogP contribution in [0.1, 0.15) is 65.5 Å². The summed E-state index contributed by atoms with van der Waals surface area (Å²) in [6.45, 7) is 0. The van der Waals surface area contributed by atoms with Crippen LogP contribution in [0.15, 0.2) is 237 Å². The van der Waals surface area contributed by atoms with E-state index in [1.807, 2.05) is 0 Å². The standard InChI is InChI=1S/C71H49N/c1-16-39-70(40-17-1)63-31-12-8-28-57(63)60-42-47(36-38-64(60)70)72(46-35-37-54-52-24-5-4-22-50(52)51-23-6-7-25-53(51)59(54)41-46)69-44-68-61(43-62(69)49-30-18-20-45-19-2-3-21-48(45)49)58-29-11-15-34-67(58)71(68)65-32-13-9-26-55(65)56-27-10-14-33-66(56)71/h2-15,18-38,41-44H,1,16-17,39-40H2. The molecule has 1 fully saturated rings. The molecule has 0 aromatic heterocycles. The molecule has 1 saturated carbocycles. The van der Waals surface area contributed by atoms with Gasteiger partial charge in [0, 0.05) is 22.4 Å². The summed E-state index contributed by atoms with van der Waals surface area (Å²) in [6, 6.07) is 90.8. The normalized spacial score (nSPS) is 15.2. The van der Waals surface area contributed by atoms with E-state index in [1.54, 1.807) is 0 Å². The first-order valence-electron chi connectivity index (χ1n) is 26.0. The molecule has 12 aromatic carbocycles. The first-order valence-corrected chi connectivity index (χ1v) is 26.0. The van der Waals surface area contributed by atoms with Gasteiger partial charge in [0.05, 0.1) is 11.1 Å². The summed E-state index contributed by atoms with van der Waals surface area (Å²) >= 11 is 0. The molecule has 1 nitrogen and oxygen atoms in total. The third-order valence-corrected chi connectivity index (χ3v) is 17.6. The van der Waals surface area contributed by atoms with Crippen molar-refractivity contribution in [3.05, 3.63) is 270 Å². The second kappa shape index (κ2) is 15.0. The Morgan fingerprint density at radius 3 is 1.36 bits per heavy atom. The summed E-state index contributed by atoms with van der Waals surface area (Å²) in [4.78, 5) is 2.64. The molecular weight excluding hydrogens is 867 g/mol. The minimum atomic E-state index is -0.514. The number of rotatable bonds is 4. The molecule has 338 valence electrons. The summed E-state index contributed by atoms with van der Waals surface area (Å²) in [6.07, 6.45) is 6.25. The molecule has 12 aromatic rings. The fourth-order valence-electron chi connectivity index (χ4n) is 14.7. The molecule has 2 spiro atoms. The van der Waals surface area contributed by atoms with Crippen LogP contribution >= 0.6 is 0 Å². The van der Waals surface area contributed by atoms with Crippen LogP contribution in [0.4, 0.5) is 17.1 Å². The van der Waals surface area contributed by atoms with Crippen molar-refractivity contribution in [2.45, 2.75) is 42.9 Å². The maximum Gasteiger partial charge on any atom is 0.0726 e. The topological polar surface area (TPSA) is 3.24 Å². The van der Waals surface area contributed by atoms with Crippen molar-refractivity contribution in [3.8, 4) is 44.5 Å². The van der Waals surface area contributed by atoms with Crippen molar-refractivity contribution in [3.63, 3.8) is 0 Å². The molecule has 4 aliphatic rings. The summed E-state index contributed by atoms with van der Waals surface area (Å²) in [7, 11) is 0. The van der Waals surface area contributed by atoms with E-state index in [9.17, 15) is 0 Å². The minimum absolute atomic E-state index is 0.0551. The summed E-state index contributed by atoms with van der Waals surface area (Å²) in [5.74, 6) is 0. The Balaban J connectivity index is 1.05. The summed E-state index contributed by atoms with van der Waals surface area (Å²) in [5, 5.41) is 10.1. The van der Waals surface area contributed by atoms with Gasteiger partial charge in [0.2, 0.25) is 0 Å². The number of hydrogen-bond donors (Lipinski definition) is 0. The highest BCUT2D eigenvalue weighted by Gasteiger charge is 2.52. The van der Waals surface area contributed by atoms with E-state index in [-0.39, 0.29) is 5.41 Å². The van der Waals surface area contributed by atoms with Gasteiger partial charge >= 0.3 is 0 Å². The molecule has 4 aliphatic carbocycles. The Kier molecular flexibility index (Phi) is 8.38. The largest absolute Gasteiger partial charge is 0.310 e. The van der Waals surface area contributed by atoms with Gasteiger partial charge in [-0.25, -0.2) is 0 Å². The zero-order valence-electron chi connectivity index (χ0n) is 40.0. The van der Waals surface area contributed by atoms with Gasteiger partial charge in [-0.2, -0.15) is 0 Å². The number of anilines is 3. The quantitative estimate of drug-likeness (QED) is 0.159. The van der Waals surface area contributed by atoms with Gasteiger partial charge < -0.3 is 4.90 Å². The van der Waals surface area contributed by atoms with Crippen LogP contribution in [0, 0.1) is 0 Å². The summed E-state index contributed by atoms with van der Waals surface area (Å²) < 4.78 is 0. The minimum Gasteiger partial charge on any atom is -0.310 e. The Hall–Kier alpha value is -8.52. The molecule has 16 rings (SSSR count). The third-order valence-electron chi connectivity index (χ3n) is 17.6. The van der Waals surface area contributed by atoms with E-state index in [0.29, 0.717) is 0 Å². The van der Waals surface area contributed by atoms with Gasteiger partial charge in [-0.15, -0.1) is 0 Å². The molecule has 0 bridgehead atoms. The maximum atomic E-state index is 2.64. The Bertz CT molecular complexity index is 4190. The lowest BCUT2D eigenvalue weighted by atomic mass is 9.68. The average molecular weight is 916 g/mol. The third kappa shape index (κ3) is 5.27. The fourth-order valence-corrected chi connectivity index (χ4v) is 14.7. The predicted octanol–water partition coefficient (Wildman–Crippen LogP) is 19.0. The Morgan fingerprint density at radius 2 is 0.708 bits per heavy atom. The van der Waals surface area contributed by atoms with Crippen LogP contribution < -0.4 is 4.90 Å². The van der Waals surface area contributed by atoms with E-state index in [0.717, 1.165) is 5.69 Å².